The predicted molar refractivity (Wildman–Crippen MR) is 77.4 cm³/mol. The van der Waals surface area contributed by atoms with E-state index in [0.29, 0.717) is 0 Å². The largest absolute Gasteiger partial charge is 0.493 e. The first-order chi connectivity index (χ1) is 8.22. The van der Waals surface area contributed by atoms with Crippen molar-refractivity contribution < 1.29 is 4.74 Å². The minimum absolute atomic E-state index is 0.734. The first kappa shape index (κ1) is 14.4. The lowest BCUT2D eigenvalue weighted by atomic mass is 10.1. The highest BCUT2D eigenvalue weighted by atomic mass is 79.9. The highest BCUT2D eigenvalue weighted by Crippen LogP contribution is 2.23. The maximum Gasteiger partial charge on any atom is 0.122 e. The van der Waals surface area contributed by atoms with Crippen molar-refractivity contribution in [2.24, 2.45) is 0 Å². The van der Waals surface area contributed by atoms with Gasteiger partial charge in [0.25, 0.3) is 0 Å². The van der Waals surface area contributed by atoms with Gasteiger partial charge in [0.15, 0.2) is 0 Å². The zero-order chi connectivity index (χ0) is 12.5. The van der Waals surface area contributed by atoms with E-state index in [2.05, 4.69) is 22.9 Å². The summed E-state index contributed by atoms with van der Waals surface area (Å²) >= 11 is 3.40. The number of unbranched alkanes of at least 4 members (excludes halogenated alkanes) is 5. The number of halogens is 1. The van der Waals surface area contributed by atoms with Gasteiger partial charge in [-0.1, -0.05) is 55.0 Å². The molecule has 17 heavy (non-hydrogen) atoms. The number of nitrogen functional groups attached to an aromatic ring is 1. The Morgan fingerprint density at radius 3 is 2.47 bits per heavy atom. The first-order valence-electron chi connectivity index (χ1n) is 6.41. The summed E-state index contributed by atoms with van der Waals surface area (Å²) < 4.78 is 6.63. The lowest BCUT2D eigenvalue weighted by Gasteiger charge is -2.07. The minimum atomic E-state index is 0.734. The molecule has 0 amide bonds. The Balaban J connectivity index is 2.13. The van der Waals surface area contributed by atoms with Crippen LogP contribution in [0.1, 0.15) is 45.4 Å². The van der Waals surface area contributed by atoms with Crippen LogP contribution < -0.4 is 10.5 Å². The summed E-state index contributed by atoms with van der Waals surface area (Å²) in [5, 5.41) is 0. The second kappa shape index (κ2) is 8.40. The molecule has 96 valence electrons. The molecule has 0 aliphatic rings. The van der Waals surface area contributed by atoms with Gasteiger partial charge in [-0.25, -0.2) is 0 Å². The molecule has 0 fully saturated rings. The van der Waals surface area contributed by atoms with E-state index in [1.54, 1.807) is 0 Å². The number of ether oxygens (including phenoxy) is 1. The summed E-state index contributed by atoms with van der Waals surface area (Å²) in [6.07, 6.45) is 7.69. The van der Waals surface area contributed by atoms with Crippen molar-refractivity contribution >= 4 is 21.6 Å². The van der Waals surface area contributed by atoms with Crippen LogP contribution in [0.25, 0.3) is 0 Å². The number of hydrogen-bond donors (Lipinski definition) is 1. The predicted octanol–water partition coefficient (Wildman–Crippen LogP) is 4.77. The fraction of sp³-hybridized carbons (Fsp3) is 0.571. The maximum absolute atomic E-state index is 5.73. The summed E-state index contributed by atoms with van der Waals surface area (Å²) in [6.45, 7) is 3.02. The van der Waals surface area contributed by atoms with Gasteiger partial charge in [-0.15, -0.1) is 0 Å². The molecule has 0 saturated heterocycles. The van der Waals surface area contributed by atoms with E-state index in [-0.39, 0.29) is 0 Å². The van der Waals surface area contributed by atoms with E-state index in [1.807, 2.05) is 18.2 Å². The van der Waals surface area contributed by atoms with Gasteiger partial charge in [0.1, 0.15) is 5.75 Å². The SMILES string of the molecule is CCCCCCCCOc1cc(N)cc(Br)c1. The molecule has 1 aromatic rings. The van der Waals surface area contributed by atoms with Gasteiger partial charge < -0.3 is 10.5 Å². The molecule has 3 heteroatoms. The average molecular weight is 300 g/mol. The minimum Gasteiger partial charge on any atom is -0.493 e. The van der Waals surface area contributed by atoms with Crippen LogP contribution in [-0.4, -0.2) is 6.61 Å². The third kappa shape index (κ3) is 6.57. The Kier molecular flexibility index (Phi) is 7.10. The van der Waals surface area contributed by atoms with Gasteiger partial charge in [0.05, 0.1) is 6.61 Å². The van der Waals surface area contributed by atoms with E-state index in [1.165, 1.54) is 32.1 Å². The Hall–Kier alpha value is -0.700. The van der Waals surface area contributed by atoms with Crippen LogP contribution in [0.4, 0.5) is 5.69 Å². The van der Waals surface area contributed by atoms with Gasteiger partial charge in [-0.3, -0.25) is 0 Å². The second-order valence-electron chi connectivity index (χ2n) is 4.34. The van der Waals surface area contributed by atoms with Gasteiger partial charge >= 0.3 is 0 Å². The zero-order valence-corrected chi connectivity index (χ0v) is 12.1. The van der Waals surface area contributed by atoms with E-state index in [9.17, 15) is 0 Å². The molecule has 0 heterocycles. The quantitative estimate of drug-likeness (QED) is 0.554. The monoisotopic (exact) mass is 299 g/mol. The number of rotatable bonds is 8. The summed E-state index contributed by atoms with van der Waals surface area (Å²) in [5.74, 6) is 0.852. The third-order valence-electron chi connectivity index (χ3n) is 2.66. The third-order valence-corrected chi connectivity index (χ3v) is 3.12. The van der Waals surface area contributed by atoms with Crippen molar-refractivity contribution in [3.63, 3.8) is 0 Å². The highest BCUT2D eigenvalue weighted by molar-refractivity contribution is 9.10. The molecular formula is C14H22BrNO. The van der Waals surface area contributed by atoms with E-state index >= 15 is 0 Å². The normalized spacial score (nSPS) is 10.5. The molecule has 1 rings (SSSR count). The maximum atomic E-state index is 5.73. The van der Waals surface area contributed by atoms with Gasteiger partial charge in [0, 0.05) is 16.2 Å². The van der Waals surface area contributed by atoms with E-state index < -0.39 is 0 Å². The van der Waals surface area contributed by atoms with Crippen molar-refractivity contribution in [1.29, 1.82) is 0 Å². The Morgan fingerprint density at radius 1 is 1.06 bits per heavy atom. The van der Waals surface area contributed by atoms with Crippen LogP contribution in [0.2, 0.25) is 0 Å². The molecule has 1 aromatic carbocycles. The average Bonchev–Trinajstić information content (AvgIpc) is 2.26. The molecule has 0 aromatic heterocycles. The van der Waals surface area contributed by atoms with Crippen molar-refractivity contribution in [2.75, 3.05) is 12.3 Å². The Bertz CT molecular complexity index is 308. The van der Waals surface area contributed by atoms with Crippen LogP contribution in [0.5, 0.6) is 5.75 Å². The lowest BCUT2D eigenvalue weighted by Crippen LogP contribution is -1.98. The van der Waals surface area contributed by atoms with Gasteiger partial charge in [-0.05, 0) is 18.6 Å². The van der Waals surface area contributed by atoms with Crippen molar-refractivity contribution in [3.05, 3.63) is 22.7 Å². The molecule has 0 radical (unpaired) electrons. The zero-order valence-electron chi connectivity index (χ0n) is 10.5. The Morgan fingerprint density at radius 2 is 1.76 bits per heavy atom. The summed E-state index contributed by atoms with van der Waals surface area (Å²) in [6, 6.07) is 5.69. The fourth-order valence-electron chi connectivity index (χ4n) is 1.74. The number of anilines is 1. The van der Waals surface area contributed by atoms with Gasteiger partial charge in [-0.2, -0.15) is 0 Å². The molecule has 0 spiro atoms. The molecule has 0 bridgehead atoms. The van der Waals surface area contributed by atoms with Crippen LogP contribution in [0.3, 0.4) is 0 Å². The summed E-state index contributed by atoms with van der Waals surface area (Å²) in [7, 11) is 0. The van der Waals surface area contributed by atoms with Crippen molar-refractivity contribution in [3.8, 4) is 5.75 Å². The topological polar surface area (TPSA) is 35.2 Å². The molecular weight excluding hydrogens is 278 g/mol. The van der Waals surface area contributed by atoms with Gasteiger partial charge in [0.2, 0.25) is 0 Å². The van der Waals surface area contributed by atoms with Crippen molar-refractivity contribution in [2.45, 2.75) is 45.4 Å². The molecule has 0 aliphatic heterocycles. The lowest BCUT2D eigenvalue weighted by molar-refractivity contribution is 0.304. The van der Waals surface area contributed by atoms with Crippen LogP contribution >= 0.6 is 15.9 Å². The van der Waals surface area contributed by atoms with E-state index in [0.717, 1.165) is 28.9 Å². The molecule has 0 unspecified atom stereocenters. The molecule has 0 saturated carbocycles. The molecule has 0 atom stereocenters. The Labute approximate surface area is 113 Å². The summed E-state index contributed by atoms with van der Waals surface area (Å²) in [4.78, 5) is 0. The smallest absolute Gasteiger partial charge is 0.122 e. The molecule has 2 N–H and O–H groups in total. The van der Waals surface area contributed by atoms with Crippen LogP contribution in [-0.2, 0) is 0 Å². The standard InChI is InChI=1S/C14H22BrNO/c1-2-3-4-5-6-7-8-17-14-10-12(15)9-13(16)11-14/h9-11H,2-8,16H2,1H3. The van der Waals surface area contributed by atoms with E-state index in [4.69, 9.17) is 10.5 Å². The second-order valence-corrected chi connectivity index (χ2v) is 5.25. The summed E-state index contributed by atoms with van der Waals surface area (Å²) in [5.41, 5.74) is 6.47. The highest BCUT2D eigenvalue weighted by Gasteiger charge is 1.98. The molecule has 2 nitrogen and oxygen atoms in total. The number of nitrogens with two attached hydrogens (primary N) is 1. The number of benzene rings is 1. The van der Waals surface area contributed by atoms with Crippen LogP contribution in [0.15, 0.2) is 22.7 Å². The first-order valence-corrected chi connectivity index (χ1v) is 7.20. The number of hydrogen-bond acceptors (Lipinski definition) is 2. The van der Waals surface area contributed by atoms with Crippen LogP contribution in [0, 0.1) is 0 Å². The van der Waals surface area contributed by atoms with Crippen molar-refractivity contribution in [1.82, 2.24) is 0 Å². The fourth-order valence-corrected chi connectivity index (χ4v) is 2.23. The molecule has 0 aliphatic carbocycles.